The Kier molecular flexibility index (Phi) is 4.13. The van der Waals surface area contributed by atoms with Crippen LogP contribution < -0.4 is 15.2 Å². The second-order valence-corrected chi connectivity index (χ2v) is 6.72. The molecule has 0 spiro atoms. The Bertz CT molecular complexity index is 553. The first kappa shape index (κ1) is 14.3. The van der Waals surface area contributed by atoms with E-state index in [1.807, 2.05) is 0 Å². The van der Waals surface area contributed by atoms with Crippen LogP contribution in [0.1, 0.15) is 18.4 Å². The molecule has 0 aromatic heterocycles. The van der Waals surface area contributed by atoms with Gasteiger partial charge in [0, 0.05) is 12.6 Å². The van der Waals surface area contributed by atoms with E-state index in [-0.39, 0.29) is 10.9 Å². The van der Waals surface area contributed by atoms with Gasteiger partial charge in [0.2, 0.25) is 10.0 Å². The molecule has 1 aromatic rings. The van der Waals surface area contributed by atoms with Crippen LogP contribution in [-0.4, -0.2) is 28.1 Å². The first-order valence-electron chi connectivity index (χ1n) is 6.34. The molecular weight excluding hydrogens is 264 g/mol. The zero-order valence-corrected chi connectivity index (χ0v) is 12.0. The lowest BCUT2D eigenvalue weighted by molar-refractivity contribution is 0.414. The third-order valence-corrected chi connectivity index (χ3v) is 4.99. The monoisotopic (exact) mass is 284 g/mol. The molecule has 5 nitrogen and oxygen atoms in total. The van der Waals surface area contributed by atoms with E-state index >= 15 is 0 Å². The normalized spacial score (nSPS) is 17.2. The summed E-state index contributed by atoms with van der Waals surface area (Å²) >= 11 is 0. The van der Waals surface area contributed by atoms with E-state index in [2.05, 4.69) is 4.72 Å². The molecule has 106 valence electrons. The van der Waals surface area contributed by atoms with Gasteiger partial charge in [0.1, 0.15) is 5.75 Å². The maximum absolute atomic E-state index is 12.2. The Morgan fingerprint density at radius 1 is 1.47 bits per heavy atom. The molecule has 1 fully saturated rings. The van der Waals surface area contributed by atoms with Gasteiger partial charge in [-0.05, 0) is 49.4 Å². The summed E-state index contributed by atoms with van der Waals surface area (Å²) in [5.74, 6) is 1.12. The molecule has 0 amide bonds. The molecule has 1 aliphatic carbocycles. The van der Waals surface area contributed by atoms with E-state index in [0.29, 0.717) is 23.8 Å². The van der Waals surface area contributed by atoms with Gasteiger partial charge < -0.3 is 10.5 Å². The second kappa shape index (κ2) is 5.48. The molecule has 1 aromatic carbocycles. The molecule has 6 heteroatoms. The highest BCUT2D eigenvalue weighted by Crippen LogP contribution is 2.31. The molecule has 3 N–H and O–H groups in total. The molecule has 0 aliphatic heterocycles. The number of rotatable bonds is 6. The summed E-state index contributed by atoms with van der Waals surface area (Å²) in [6, 6.07) is 4.81. The molecule has 0 radical (unpaired) electrons. The number of nitrogens with one attached hydrogen (secondary N) is 1. The Balaban J connectivity index is 2.09. The van der Waals surface area contributed by atoms with Crippen molar-refractivity contribution in [3.63, 3.8) is 0 Å². The number of benzene rings is 1. The minimum Gasteiger partial charge on any atom is -0.497 e. The Morgan fingerprint density at radius 3 is 2.68 bits per heavy atom. The van der Waals surface area contributed by atoms with Crippen LogP contribution in [0.2, 0.25) is 0 Å². The van der Waals surface area contributed by atoms with E-state index in [4.69, 9.17) is 10.5 Å². The van der Waals surface area contributed by atoms with Crippen molar-refractivity contribution in [2.24, 2.45) is 11.7 Å². The zero-order chi connectivity index (χ0) is 14.0. The van der Waals surface area contributed by atoms with Gasteiger partial charge >= 0.3 is 0 Å². The van der Waals surface area contributed by atoms with Crippen LogP contribution in [0.15, 0.2) is 23.1 Å². The van der Waals surface area contributed by atoms with Crippen molar-refractivity contribution in [2.75, 3.05) is 13.7 Å². The maximum Gasteiger partial charge on any atom is 0.240 e. The van der Waals surface area contributed by atoms with Crippen LogP contribution in [0.4, 0.5) is 0 Å². The highest BCUT2D eigenvalue weighted by atomic mass is 32.2. The van der Waals surface area contributed by atoms with E-state index in [9.17, 15) is 8.42 Å². The number of ether oxygens (including phenoxy) is 1. The summed E-state index contributed by atoms with van der Waals surface area (Å²) < 4.78 is 32.0. The number of hydrogen-bond donors (Lipinski definition) is 2. The number of sulfonamides is 1. The van der Waals surface area contributed by atoms with Crippen LogP contribution in [0.5, 0.6) is 5.75 Å². The summed E-state index contributed by atoms with van der Waals surface area (Å²) in [7, 11) is -1.95. The van der Waals surface area contributed by atoms with Crippen LogP contribution in [0.3, 0.4) is 0 Å². The lowest BCUT2D eigenvalue weighted by Crippen LogP contribution is -2.38. The summed E-state index contributed by atoms with van der Waals surface area (Å²) in [5.41, 5.74) is 6.56. The quantitative estimate of drug-likeness (QED) is 0.817. The summed E-state index contributed by atoms with van der Waals surface area (Å²) in [5, 5.41) is 0. The van der Waals surface area contributed by atoms with Gasteiger partial charge in [-0.15, -0.1) is 0 Å². The lowest BCUT2D eigenvalue weighted by atomic mass is 10.2. The van der Waals surface area contributed by atoms with Gasteiger partial charge in [-0.2, -0.15) is 0 Å². The largest absolute Gasteiger partial charge is 0.497 e. The lowest BCUT2D eigenvalue weighted by Gasteiger charge is -2.14. The van der Waals surface area contributed by atoms with Crippen molar-refractivity contribution in [2.45, 2.75) is 30.7 Å². The topological polar surface area (TPSA) is 81.4 Å². The van der Waals surface area contributed by atoms with Crippen LogP contribution >= 0.6 is 0 Å². The molecule has 1 saturated carbocycles. The Hall–Kier alpha value is -1.11. The van der Waals surface area contributed by atoms with Crippen molar-refractivity contribution in [3.05, 3.63) is 23.8 Å². The van der Waals surface area contributed by atoms with Gasteiger partial charge in [-0.25, -0.2) is 13.1 Å². The third kappa shape index (κ3) is 3.46. The first-order chi connectivity index (χ1) is 8.94. The van der Waals surface area contributed by atoms with Crippen molar-refractivity contribution in [3.8, 4) is 5.75 Å². The molecule has 2 rings (SSSR count). The maximum atomic E-state index is 12.2. The second-order valence-electron chi connectivity index (χ2n) is 4.98. The van der Waals surface area contributed by atoms with E-state index in [0.717, 1.165) is 12.8 Å². The van der Waals surface area contributed by atoms with Gasteiger partial charge in [0.25, 0.3) is 0 Å². The fraction of sp³-hybridized carbons (Fsp3) is 0.538. The van der Waals surface area contributed by atoms with Crippen LogP contribution in [-0.2, 0) is 10.0 Å². The van der Waals surface area contributed by atoms with Crippen molar-refractivity contribution >= 4 is 10.0 Å². The van der Waals surface area contributed by atoms with Gasteiger partial charge in [-0.3, -0.25) is 0 Å². The van der Waals surface area contributed by atoms with E-state index in [1.54, 1.807) is 32.2 Å². The molecule has 0 heterocycles. The molecule has 1 unspecified atom stereocenters. The number of aryl methyl sites for hydroxylation is 1. The highest BCUT2D eigenvalue weighted by molar-refractivity contribution is 7.89. The molecule has 1 atom stereocenters. The summed E-state index contributed by atoms with van der Waals surface area (Å²) in [4.78, 5) is 0.274. The first-order valence-corrected chi connectivity index (χ1v) is 7.82. The fourth-order valence-corrected chi connectivity index (χ4v) is 3.32. The van der Waals surface area contributed by atoms with Crippen LogP contribution in [0.25, 0.3) is 0 Å². The van der Waals surface area contributed by atoms with Gasteiger partial charge in [-0.1, -0.05) is 0 Å². The average molecular weight is 284 g/mol. The predicted octanol–water partition coefficient (Wildman–Crippen LogP) is 1.02. The van der Waals surface area contributed by atoms with Gasteiger partial charge in [0.15, 0.2) is 0 Å². The molecule has 0 saturated heterocycles. The summed E-state index contributed by atoms with van der Waals surface area (Å²) in [6.45, 7) is 2.04. The molecule has 1 aliphatic rings. The van der Waals surface area contributed by atoms with E-state index < -0.39 is 10.0 Å². The number of methoxy groups -OCH3 is 1. The Labute approximate surface area is 114 Å². The Morgan fingerprint density at radius 2 is 2.16 bits per heavy atom. The molecule has 19 heavy (non-hydrogen) atoms. The SMILES string of the molecule is COc1ccc(S(=O)(=O)NCC(N)C2CC2)c(C)c1. The number of nitrogens with two attached hydrogens (primary N) is 1. The fourth-order valence-electron chi connectivity index (χ4n) is 2.03. The minimum atomic E-state index is -3.50. The molecule has 0 bridgehead atoms. The third-order valence-electron chi connectivity index (χ3n) is 3.41. The highest BCUT2D eigenvalue weighted by Gasteiger charge is 2.29. The smallest absolute Gasteiger partial charge is 0.240 e. The average Bonchev–Trinajstić information content (AvgIpc) is 3.19. The van der Waals surface area contributed by atoms with Crippen molar-refractivity contribution < 1.29 is 13.2 Å². The van der Waals surface area contributed by atoms with Gasteiger partial charge in [0.05, 0.1) is 12.0 Å². The van der Waals surface area contributed by atoms with E-state index in [1.165, 1.54) is 0 Å². The molecular formula is C13H20N2O3S. The zero-order valence-electron chi connectivity index (χ0n) is 11.2. The van der Waals surface area contributed by atoms with Crippen LogP contribution in [0, 0.1) is 12.8 Å². The standard InChI is InChI=1S/C13H20N2O3S/c1-9-7-11(18-2)5-6-13(9)19(16,17)15-8-12(14)10-3-4-10/h5-7,10,12,15H,3-4,8,14H2,1-2H3. The minimum absolute atomic E-state index is 0.0895. The predicted molar refractivity (Wildman–Crippen MR) is 73.6 cm³/mol. The number of hydrogen-bond acceptors (Lipinski definition) is 4. The van der Waals surface area contributed by atoms with Crippen molar-refractivity contribution in [1.29, 1.82) is 0 Å². The van der Waals surface area contributed by atoms with Crippen molar-refractivity contribution in [1.82, 2.24) is 4.72 Å². The summed E-state index contributed by atoms with van der Waals surface area (Å²) in [6.07, 6.45) is 2.20.